The number of unbranched alkanes of at least 4 members (excludes halogenated alkanes) is 6. The lowest BCUT2D eigenvalue weighted by Crippen LogP contribution is -2.30. The van der Waals surface area contributed by atoms with Crippen molar-refractivity contribution in [3.05, 3.63) is 267 Å². The molecule has 0 bridgehead atoms. The van der Waals surface area contributed by atoms with Gasteiger partial charge in [-0.25, -0.2) is 9.13 Å². The van der Waals surface area contributed by atoms with E-state index in [4.69, 9.17) is 37.0 Å². The Bertz CT molecular complexity index is 3050. The lowest BCUT2D eigenvalue weighted by molar-refractivity contribution is -0.161. The molecule has 0 amide bonds. The number of hydrogen-bond acceptors (Lipinski definition) is 15. The Kier molecular flexibility index (Phi) is 79.6. The SMILES string of the molecule is CC/C=C\C/C=C\C/C=C\C/C=C\C/C=C\C/C=C\CCC(=O)O[C@H](COC(=O)CCCCC/C=C\C/C=C\C/C=C\C/C=C\C/C=C\CC)COP(=O)(O)OCC(O)COP(=O)(O)OC[C@@H](COC(=O)CCCCC/C=C\C/C=C\C/C=C\C/C=C\C/C=C\CC)OC(=O)CC/C=C\C/C=C\C/C=C\C/C=C\C/C=C\C/C=C\CC. The maximum atomic E-state index is 13.2. The van der Waals surface area contributed by atoms with Crippen molar-refractivity contribution in [1.29, 1.82) is 0 Å². The molecule has 3 N–H and O–H groups in total. The van der Waals surface area contributed by atoms with E-state index in [1.54, 1.807) is 0 Å². The molecular formula is C97H146O17P2. The summed E-state index contributed by atoms with van der Waals surface area (Å²) >= 11 is 0. The molecule has 0 saturated carbocycles. The van der Waals surface area contributed by atoms with Crippen LogP contribution in [0.1, 0.15) is 259 Å². The van der Waals surface area contributed by atoms with Gasteiger partial charge >= 0.3 is 39.5 Å². The molecule has 0 fully saturated rings. The lowest BCUT2D eigenvalue weighted by Gasteiger charge is -2.21. The number of rotatable bonds is 76. The number of aliphatic hydroxyl groups excluding tert-OH is 1. The number of carbonyl (C=O) groups excluding carboxylic acids is 4. The van der Waals surface area contributed by atoms with Crippen molar-refractivity contribution in [2.75, 3.05) is 39.6 Å². The van der Waals surface area contributed by atoms with E-state index < -0.39 is 97.5 Å². The van der Waals surface area contributed by atoms with Gasteiger partial charge in [-0.1, -0.05) is 308 Å². The molecular weight excluding hydrogens is 1500 g/mol. The second-order valence-electron chi connectivity index (χ2n) is 26.9. The Labute approximate surface area is 700 Å². The van der Waals surface area contributed by atoms with Gasteiger partial charge in [-0.2, -0.15) is 0 Å². The molecule has 0 aromatic heterocycles. The van der Waals surface area contributed by atoms with Crippen molar-refractivity contribution in [2.45, 2.75) is 277 Å². The summed E-state index contributed by atoms with van der Waals surface area (Å²) in [6.07, 6.45) is 115. The maximum Gasteiger partial charge on any atom is 0.472 e. The van der Waals surface area contributed by atoms with Crippen molar-refractivity contribution in [3.8, 4) is 0 Å². The van der Waals surface area contributed by atoms with Gasteiger partial charge in [-0.05, 0) is 193 Å². The predicted octanol–water partition coefficient (Wildman–Crippen LogP) is 25.9. The van der Waals surface area contributed by atoms with Crippen LogP contribution < -0.4 is 0 Å². The molecule has 0 aliphatic rings. The Hall–Kier alpha value is -7.66. The molecule has 0 rings (SSSR count). The molecule has 0 aromatic carbocycles. The zero-order valence-corrected chi connectivity index (χ0v) is 72.6. The van der Waals surface area contributed by atoms with Crippen molar-refractivity contribution >= 4 is 39.5 Å². The summed E-state index contributed by atoms with van der Waals surface area (Å²) in [6.45, 7) is 4.12. The summed E-state index contributed by atoms with van der Waals surface area (Å²) in [5.74, 6) is -2.49. The zero-order valence-electron chi connectivity index (χ0n) is 70.8. The van der Waals surface area contributed by atoms with Crippen LogP contribution in [0.2, 0.25) is 0 Å². The fraction of sp³-hybridized carbons (Fsp3) is 0.505. The van der Waals surface area contributed by atoms with E-state index in [2.05, 4.69) is 259 Å². The highest BCUT2D eigenvalue weighted by Crippen LogP contribution is 2.45. The number of aliphatic hydroxyl groups is 1. The number of phosphoric acid groups is 2. The van der Waals surface area contributed by atoms with Crippen LogP contribution in [0.3, 0.4) is 0 Å². The van der Waals surface area contributed by atoms with Gasteiger partial charge in [-0.3, -0.25) is 37.3 Å². The van der Waals surface area contributed by atoms with Crippen LogP contribution in [0.5, 0.6) is 0 Å². The summed E-state index contributed by atoms with van der Waals surface area (Å²) in [6, 6.07) is 0. The monoisotopic (exact) mass is 1650 g/mol. The third kappa shape index (κ3) is 84.3. The van der Waals surface area contributed by atoms with Crippen LogP contribution >= 0.6 is 15.6 Å². The first-order chi connectivity index (χ1) is 56.7. The third-order valence-corrected chi connectivity index (χ3v) is 18.1. The summed E-state index contributed by atoms with van der Waals surface area (Å²) < 4.78 is 68.6. The fourth-order valence-corrected chi connectivity index (χ4v) is 11.5. The van der Waals surface area contributed by atoms with Crippen LogP contribution in [0, 0.1) is 0 Å². The number of esters is 4. The topological polar surface area (TPSA) is 237 Å². The third-order valence-electron chi connectivity index (χ3n) is 16.2. The Morgan fingerprint density at radius 1 is 0.241 bits per heavy atom. The van der Waals surface area contributed by atoms with Gasteiger partial charge in [-0.15, -0.1) is 0 Å². The molecule has 4 atom stereocenters. The van der Waals surface area contributed by atoms with Gasteiger partial charge in [0.2, 0.25) is 0 Å². The van der Waals surface area contributed by atoms with E-state index in [0.717, 1.165) is 167 Å². The van der Waals surface area contributed by atoms with Crippen LogP contribution in [-0.2, 0) is 65.4 Å². The normalized spacial score (nSPS) is 15.1. The molecule has 2 unspecified atom stereocenters. The highest BCUT2D eigenvalue weighted by molar-refractivity contribution is 7.47. The lowest BCUT2D eigenvalue weighted by atomic mass is 10.1. The molecule has 17 nitrogen and oxygen atoms in total. The van der Waals surface area contributed by atoms with E-state index in [0.29, 0.717) is 38.5 Å². The molecule has 0 saturated heterocycles. The largest absolute Gasteiger partial charge is 0.472 e. The van der Waals surface area contributed by atoms with Crippen LogP contribution in [0.25, 0.3) is 0 Å². The second kappa shape index (κ2) is 85.2. The molecule has 0 aliphatic carbocycles. The molecule has 0 aliphatic heterocycles. The predicted molar refractivity (Wildman–Crippen MR) is 481 cm³/mol. The molecule has 0 aromatic rings. The smallest absolute Gasteiger partial charge is 0.462 e. The summed E-state index contributed by atoms with van der Waals surface area (Å²) in [5.41, 5.74) is 0. The average Bonchev–Trinajstić information content (AvgIpc) is 0.898. The standard InChI is InChI=1S/C97H146O17P2/c1-5-9-13-17-21-25-29-33-37-41-45-49-53-57-61-65-69-73-77-81-94(99)107-87-92(113-96(101)83-79-75-71-67-63-59-55-51-47-43-39-35-31-27-23-19-15-11-7-3)89-111-115(103,104)109-85-91(98)86-110-116(105,106)112-90-93(114-97(102)84-80-76-72-68-64-60-56-52-48-44-40-36-32-28-24-20-16-12-8-4)88-108-95(100)82-78-74-70-66-62-58-54-50-46-42-38-34-30-26-22-18-14-10-6-2/h9-16,21-28,33-40,45-52,57-64,71-72,75-76,91-93,98H,5-8,17-20,29-32,41-44,53-56,65-70,73-74,77-90H2,1-4H3,(H,103,104)(H,105,106)/b13-9-,14-10-,15-11-,16-12-,25-21-,26-22-,27-23-,28-24-,37-33-,38-34-,39-35-,40-36-,49-45-,50-46-,51-47-,52-48-,61-57-,62-58-,63-59-,64-60-,75-71-,76-72-/t92-,93-/m1/s1. The summed E-state index contributed by atoms with van der Waals surface area (Å²) in [4.78, 5) is 73.3. The van der Waals surface area contributed by atoms with Gasteiger partial charge in [0, 0.05) is 25.7 Å². The van der Waals surface area contributed by atoms with Crippen LogP contribution in [0.15, 0.2) is 267 Å². The Morgan fingerprint density at radius 3 is 0.664 bits per heavy atom. The quantitative estimate of drug-likeness (QED) is 0.0169. The van der Waals surface area contributed by atoms with E-state index in [9.17, 15) is 43.2 Å². The van der Waals surface area contributed by atoms with Crippen molar-refractivity contribution in [3.63, 3.8) is 0 Å². The Balaban J connectivity index is 5.64. The van der Waals surface area contributed by atoms with Gasteiger partial charge in [0.15, 0.2) is 12.2 Å². The second-order valence-corrected chi connectivity index (χ2v) is 29.8. The van der Waals surface area contributed by atoms with Gasteiger partial charge < -0.3 is 33.8 Å². The van der Waals surface area contributed by atoms with Crippen molar-refractivity contribution < 1.29 is 80.2 Å². The van der Waals surface area contributed by atoms with E-state index in [1.807, 2.05) is 36.5 Å². The van der Waals surface area contributed by atoms with Crippen LogP contribution in [0.4, 0.5) is 0 Å². The van der Waals surface area contributed by atoms with E-state index in [1.165, 1.54) is 0 Å². The molecule has 0 spiro atoms. The van der Waals surface area contributed by atoms with Crippen molar-refractivity contribution in [2.24, 2.45) is 0 Å². The summed E-state index contributed by atoms with van der Waals surface area (Å²) in [5, 5.41) is 10.7. The number of allylic oxidation sites excluding steroid dienone is 44. The maximum absolute atomic E-state index is 13.2. The van der Waals surface area contributed by atoms with Crippen molar-refractivity contribution in [1.82, 2.24) is 0 Å². The minimum absolute atomic E-state index is 0.0539. The Morgan fingerprint density at radius 2 is 0.440 bits per heavy atom. The summed E-state index contributed by atoms with van der Waals surface area (Å²) in [7, 11) is -10.1. The van der Waals surface area contributed by atoms with Crippen LogP contribution in [-0.4, -0.2) is 96.7 Å². The van der Waals surface area contributed by atoms with E-state index in [-0.39, 0.29) is 25.7 Å². The molecule has 19 heteroatoms. The molecule has 646 valence electrons. The first-order valence-corrected chi connectivity index (χ1v) is 45.6. The van der Waals surface area contributed by atoms with Gasteiger partial charge in [0.1, 0.15) is 19.3 Å². The van der Waals surface area contributed by atoms with E-state index >= 15 is 0 Å². The highest BCUT2D eigenvalue weighted by atomic mass is 31.2. The first kappa shape index (κ1) is 108. The molecule has 0 heterocycles. The molecule has 0 radical (unpaired) electrons. The first-order valence-electron chi connectivity index (χ1n) is 42.6. The number of ether oxygens (including phenoxy) is 4. The molecule has 116 heavy (non-hydrogen) atoms. The van der Waals surface area contributed by atoms with Gasteiger partial charge in [0.05, 0.1) is 26.4 Å². The zero-order chi connectivity index (χ0) is 84.5. The minimum atomic E-state index is -5.04. The number of phosphoric ester groups is 2. The minimum Gasteiger partial charge on any atom is -0.462 e. The van der Waals surface area contributed by atoms with Gasteiger partial charge in [0.25, 0.3) is 0 Å². The number of hydrogen-bond donors (Lipinski definition) is 3. The highest BCUT2D eigenvalue weighted by Gasteiger charge is 2.30. The number of carbonyl (C=O) groups is 4. The fourth-order valence-electron chi connectivity index (χ4n) is 9.91. The average molecular weight is 1650 g/mol.